The molecule has 316 valence electrons. The van der Waals surface area contributed by atoms with Gasteiger partial charge < -0.3 is 34.0 Å². The first-order valence-corrected chi connectivity index (χ1v) is 21.6. The molecule has 13 nitrogen and oxygen atoms in total. The van der Waals surface area contributed by atoms with Crippen molar-refractivity contribution in [3.63, 3.8) is 0 Å². The Balaban J connectivity index is 1.53. The van der Waals surface area contributed by atoms with Gasteiger partial charge in [0.2, 0.25) is 5.79 Å². The predicted molar refractivity (Wildman–Crippen MR) is 226 cm³/mol. The Morgan fingerprint density at radius 3 is 2.37 bits per heavy atom. The predicted octanol–water partition coefficient (Wildman–Crippen LogP) is 9.28. The molecule has 1 aliphatic heterocycles. The fourth-order valence-corrected chi connectivity index (χ4v) is 9.42. The smallest absolute Gasteiger partial charge is 0.415 e. The van der Waals surface area contributed by atoms with Crippen molar-refractivity contribution in [2.45, 2.75) is 80.9 Å². The maximum Gasteiger partial charge on any atom is 0.415 e. The number of unbranched alkanes of at least 4 members (excludes halogenated alkanes) is 2. The van der Waals surface area contributed by atoms with Crippen LogP contribution in [-0.4, -0.2) is 83.4 Å². The average Bonchev–Trinajstić information content (AvgIpc) is 3.24. The second kappa shape index (κ2) is 20.4. The molecule has 2 N–H and O–H groups in total. The molecule has 2 aliphatic carbocycles. The molecule has 0 saturated heterocycles. The second-order valence-electron chi connectivity index (χ2n) is 15.0. The average molecular weight is 830 g/mol. The Morgan fingerprint density at radius 2 is 1.73 bits per heavy atom. The van der Waals surface area contributed by atoms with Gasteiger partial charge in [-0.05, 0) is 110 Å². The molecule has 3 aliphatic rings. The molecule has 1 fully saturated rings. The molecule has 3 aromatic carbocycles. The highest BCUT2D eigenvalue weighted by Crippen LogP contribution is 2.62. The van der Waals surface area contributed by atoms with E-state index >= 15 is 0 Å². The van der Waals surface area contributed by atoms with Gasteiger partial charge in [0, 0.05) is 54.7 Å². The summed E-state index contributed by atoms with van der Waals surface area (Å²) >= 11 is 1.66. The van der Waals surface area contributed by atoms with E-state index in [9.17, 15) is 25.1 Å². The van der Waals surface area contributed by atoms with Crippen LogP contribution in [0.3, 0.4) is 0 Å². The normalized spacial score (nSPS) is 23.6. The number of fused-ring (bicyclic) bond motifs is 2. The first-order chi connectivity index (χ1) is 28.7. The monoisotopic (exact) mass is 829 g/mol. The van der Waals surface area contributed by atoms with Crippen LogP contribution in [0.1, 0.15) is 69.8 Å². The first-order valence-electron chi connectivity index (χ1n) is 20.4. The van der Waals surface area contributed by atoms with Crippen LogP contribution >= 0.6 is 11.8 Å². The summed E-state index contributed by atoms with van der Waals surface area (Å²) in [6.07, 6.45) is 10.6. The molecule has 59 heavy (non-hydrogen) atoms. The Labute approximate surface area is 350 Å². The van der Waals surface area contributed by atoms with E-state index in [0.29, 0.717) is 42.2 Å². The minimum Gasteiger partial charge on any atom is -0.459 e. The van der Waals surface area contributed by atoms with E-state index in [1.54, 1.807) is 22.7 Å². The number of oxime groups is 1. The van der Waals surface area contributed by atoms with E-state index in [-0.39, 0.29) is 62.0 Å². The number of hydrogen-bond acceptors (Lipinski definition) is 12. The number of amides is 1. The van der Waals surface area contributed by atoms with E-state index in [4.69, 9.17) is 23.8 Å². The molecular formula is C45H55N3O10S. The van der Waals surface area contributed by atoms with Gasteiger partial charge in [-0.3, -0.25) is 15.0 Å². The van der Waals surface area contributed by atoms with E-state index in [0.717, 1.165) is 41.7 Å². The summed E-state index contributed by atoms with van der Waals surface area (Å²) < 4.78 is 26.6. The molecule has 6 rings (SSSR count). The minimum atomic E-state index is -1.46. The lowest BCUT2D eigenvalue weighted by molar-refractivity contribution is -0.384. The fourth-order valence-electron chi connectivity index (χ4n) is 9.01. The zero-order valence-corrected chi connectivity index (χ0v) is 34.8. The fraction of sp³-hybridized carbons (Fsp3) is 0.467. The zero-order chi connectivity index (χ0) is 41.9. The second-order valence-corrected chi connectivity index (χ2v) is 15.9. The van der Waals surface area contributed by atoms with Crippen LogP contribution in [0.25, 0.3) is 0 Å². The number of nitro groups is 1. The number of aliphatic hydroxyl groups excluding tert-OH is 2. The maximum atomic E-state index is 14.5. The number of nitro benzene ring substituents is 1. The number of aliphatic hydroxyl groups is 2. The van der Waals surface area contributed by atoms with Gasteiger partial charge in [-0.1, -0.05) is 37.1 Å². The molecular weight excluding hydrogens is 775 g/mol. The number of carbonyl (C=O) groups excluding carboxylic acids is 1. The minimum absolute atomic E-state index is 0.0358. The van der Waals surface area contributed by atoms with E-state index in [1.165, 1.54) is 31.4 Å². The van der Waals surface area contributed by atoms with Crippen molar-refractivity contribution in [2.24, 2.45) is 22.9 Å². The third kappa shape index (κ3) is 9.62. The van der Waals surface area contributed by atoms with Crippen molar-refractivity contribution >= 4 is 29.3 Å². The number of nitrogens with zero attached hydrogens (tertiary/aromatic N) is 3. The van der Waals surface area contributed by atoms with E-state index < -0.39 is 28.8 Å². The van der Waals surface area contributed by atoms with Crippen molar-refractivity contribution < 1.29 is 43.7 Å². The largest absolute Gasteiger partial charge is 0.459 e. The van der Waals surface area contributed by atoms with Crippen molar-refractivity contribution in [3.8, 4) is 23.0 Å². The third-order valence-electron chi connectivity index (χ3n) is 11.5. The summed E-state index contributed by atoms with van der Waals surface area (Å²) in [5, 5.41) is 35.7. The number of non-ortho nitro benzene ring substituents is 1. The molecule has 0 radical (unpaired) electrons. The molecule has 1 amide bonds. The van der Waals surface area contributed by atoms with Gasteiger partial charge in [-0.25, -0.2) is 4.79 Å². The van der Waals surface area contributed by atoms with Gasteiger partial charge in [0.25, 0.3) is 5.69 Å². The summed E-state index contributed by atoms with van der Waals surface area (Å²) in [5.41, 5.74) is 2.38. The number of benzene rings is 3. The van der Waals surface area contributed by atoms with Crippen LogP contribution in [0, 0.1) is 27.9 Å². The lowest BCUT2D eigenvalue weighted by atomic mass is 9.55. The summed E-state index contributed by atoms with van der Waals surface area (Å²) in [4.78, 5) is 33.6. The molecule has 14 heteroatoms. The highest BCUT2D eigenvalue weighted by atomic mass is 32.2. The van der Waals surface area contributed by atoms with Crippen molar-refractivity contribution in [1.82, 2.24) is 4.90 Å². The molecule has 6 atom stereocenters. The summed E-state index contributed by atoms with van der Waals surface area (Å²) in [6.45, 7) is 6.50. The van der Waals surface area contributed by atoms with Crippen LogP contribution in [-0.2, 0) is 9.57 Å². The first kappa shape index (κ1) is 43.7. The number of rotatable bonds is 20. The highest BCUT2D eigenvalue weighted by Gasteiger charge is 2.65. The molecule has 0 aromatic heterocycles. The Morgan fingerprint density at radius 1 is 1.03 bits per heavy atom. The maximum absolute atomic E-state index is 14.5. The summed E-state index contributed by atoms with van der Waals surface area (Å²) in [7, 11) is 1.50. The van der Waals surface area contributed by atoms with Gasteiger partial charge in [-0.15, -0.1) is 18.3 Å². The van der Waals surface area contributed by atoms with E-state index in [1.807, 2.05) is 49.6 Å². The van der Waals surface area contributed by atoms with Gasteiger partial charge in [0.05, 0.1) is 23.2 Å². The zero-order valence-electron chi connectivity index (χ0n) is 34.0. The number of carbonyl (C=O) groups is 1. The number of ether oxygens (including phenoxy) is 4. The van der Waals surface area contributed by atoms with Crippen LogP contribution in [0.5, 0.6) is 23.0 Å². The Bertz CT molecular complexity index is 1970. The molecule has 1 saturated carbocycles. The summed E-state index contributed by atoms with van der Waals surface area (Å²) in [5.74, 6) is -0.00221. The standard InChI is InChI=1S/C45H55N3O10S/c1-5-23-47(44(51)57-33-15-13-31(14-16-33)48(52)53)41-29-39(46-54-3)37-27-30(11-7-9-24-49)36(12-8-10-25-50)42-38-28-34(56-32-17-20-35(59-4)21-18-32)19-22-40(38)58-45(41,43(37)42)55-26-6-2/h6,13-22,27-28,30,36,41-43,49-50H,2,5,7-12,23-26,29H2,1,3-4H3/t30-,36+,41-,42+,43+,45+/m0/s1. The van der Waals surface area contributed by atoms with Crippen LogP contribution in [0.2, 0.25) is 0 Å². The molecule has 1 heterocycles. The quantitative estimate of drug-likeness (QED) is 0.0367. The lowest BCUT2D eigenvalue weighted by Gasteiger charge is -2.59. The molecule has 0 spiro atoms. The number of thioether (sulfide) groups is 1. The van der Waals surface area contributed by atoms with E-state index in [2.05, 4.69) is 23.9 Å². The van der Waals surface area contributed by atoms with Crippen LogP contribution in [0.4, 0.5) is 10.5 Å². The SMILES string of the molecule is C=CCO[C@@]12Oc3ccc(Oc4ccc(SC)cc4)cc3[C@H]3[C@H](CCCCO)[C@@H](CCCCO)C=C(C(=NOC)C[C@@H]1N(CCC)C(=O)Oc1ccc([N+](=O)[O-])cc1)[C@H]32. The Kier molecular flexibility index (Phi) is 15.1. The molecule has 0 unspecified atom stereocenters. The highest BCUT2D eigenvalue weighted by molar-refractivity contribution is 7.98. The topological polar surface area (TPSA) is 162 Å². The summed E-state index contributed by atoms with van der Waals surface area (Å²) in [6, 6.07) is 18.4. The number of hydrogen-bond donors (Lipinski definition) is 2. The van der Waals surface area contributed by atoms with Crippen molar-refractivity contribution in [1.29, 1.82) is 0 Å². The van der Waals surface area contributed by atoms with Gasteiger partial charge in [-0.2, -0.15) is 0 Å². The van der Waals surface area contributed by atoms with Gasteiger partial charge in [0.1, 0.15) is 36.1 Å². The van der Waals surface area contributed by atoms with Gasteiger partial charge >= 0.3 is 6.09 Å². The number of allylic oxidation sites excluding steroid dienone is 1. The van der Waals surface area contributed by atoms with Crippen LogP contribution in [0.15, 0.2) is 101 Å². The van der Waals surface area contributed by atoms with Crippen LogP contribution < -0.4 is 14.2 Å². The van der Waals surface area contributed by atoms with Crippen molar-refractivity contribution in [3.05, 3.63) is 107 Å². The third-order valence-corrected chi connectivity index (χ3v) is 12.2. The van der Waals surface area contributed by atoms with Crippen molar-refractivity contribution in [2.75, 3.05) is 39.7 Å². The molecule has 0 bridgehead atoms. The Hall–Kier alpha value is -4.89. The molecule has 3 aromatic rings. The van der Waals surface area contributed by atoms with Gasteiger partial charge in [0.15, 0.2) is 0 Å². The lowest BCUT2D eigenvalue weighted by Crippen LogP contribution is -2.70.